The first-order valence-electron chi connectivity index (χ1n) is 7.40. The highest BCUT2D eigenvalue weighted by Crippen LogP contribution is 2.33. The lowest BCUT2D eigenvalue weighted by Gasteiger charge is -2.22. The fraction of sp³-hybridized carbons (Fsp3) is 0.429. The molecule has 0 saturated carbocycles. The van der Waals surface area contributed by atoms with Crippen LogP contribution in [0.2, 0.25) is 0 Å². The van der Waals surface area contributed by atoms with E-state index in [2.05, 4.69) is 0 Å². The minimum atomic E-state index is -1.03. The monoisotopic (exact) mass is 238 g/mol. The summed E-state index contributed by atoms with van der Waals surface area (Å²) in [6.45, 7) is 5.29. The van der Waals surface area contributed by atoms with Gasteiger partial charge in [0.2, 0.25) is 6.79 Å². The first kappa shape index (κ1) is 7.77. The minimum absolute atomic E-state index is 0.0811. The molecule has 0 amide bonds. The molecular weight excluding hydrogens is 216 g/mol. The Balaban J connectivity index is 2.53. The lowest BCUT2D eigenvalue weighted by atomic mass is 9.89. The molecule has 1 unspecified atom stereocenters. The summed E-state index contributed by atoms with van der Waals surface area (Å²) in [4.78, 5) is 0. The van der Waals surface area contributed by atoms with E-state index in [1.54, 1.807) is 20.8 Å². The Labute approximate surface area is 107 Å². The molecular formula is C14H18O3. The van der Waals surface area contributed by atoms with Crippen LogP contribution in [0.15, 0.2) is 24.2 Å². The first-order valence-corrected chi connectivity index (χ1v) is 5.40. The zero-order valence-corrected chi connectivity index (χ0v) is 10.1. The standard InChI is InChI=1S/C14H18O3/c1-14(2,3)13(15)7-5-10-4-6-11-12(8-10)17-9-16-11/h4-8,13,15H,9H2,1-3H3/b7-5+/i4D,6D,7D,8D. The summed E-state index contributed by atoms with van der Waals surface area (Å²) in [7, 11) is 0. The summed E-state index contributed by atoms with van der Waals surface area (Å²) in [5.74, 6) is 0.199. The van der Waals surface area contributed by atoms with Crippen LogP contribution in [0.5, 0.6) is 11.5 Å². The first-order chi connectivity index (χ1) is 9.64. The lowest BCUT2D eigenvalue weighted by molar-refractivity contribution is 0.106. The zero-order valence-electron chi connectivity index (χ0n) is 14.1. The van der Waals surface area contributed by atoms with Crippen LogP contribution in [0.4, 0.5) is 0 Å². The molecule has 0 bridgehead atoms. The second-order valence-electron chi connectivity index (χ2n) is 4.93. The molecule has 0 radical (unpaired) electrons. The van der Waals surface area contributed by atoms with Gasteiger partial charge in [-0.05, 0) is 23.1 Å². The van der Waals surface area contributed by atoms with E-state index < -0.39 is 11.5 Å². The predicted octanol–water partition coefficient (Wildman–Crippen LogP) is 2.84. The predicted molar refractivity (Wildman–Crippen MR) is 67.1 cm³/mol. The van der Waals surface area contributed by atoms with E-state index >= 15 is 0 Å². The van der Waals surface area contributed by atoms with Crippen molar-refractivity contribution in [2.45, 2.75) is 26.9 Å². The highest BCUT2D eigenvalue weighted by atomic mass is 16.7. The Morgan fingerprint density at radius 2 is 2.12 bits per heavy atom. The van der Waals surface area contributed by atoms with Gasteiger partial charge in [-0.2, -0.15) is 0 Å². The van der Waals surface area contributed by atoms with Gasteiger partial charge in [0.25, 0.3) is 0 Å². The maximum Gasteiger partial charge on any atom is 0.231 e. The van der Waals surface area contributed by atoms with Crippen LogP contribution in [0, 0.1) is 5.41 Å². The van der Waals surface area contributed by atoms with E-state index in [0.717, 1.165) is 0 Å². The molecule has 0 saturated heterocycles. The lowest BCUT2D eigenvalue weighted by Crippen LogP contribution is -2.23. The van der Waals surface area contributed by atoms with Crippen molar-refractivity contribution in [1.29, 1.82) is 0 Å². The highest BCUT2D eigenvalue weighted by molar-refractivity contribution is 5.56. The number of ether oxygens (including phenoxy) is 2. The van der Waals surface area contributed by atoms with Crippen LogP contribution in [-0.2, 0) is 0 Å². The van der Waals surface area contributed by atoms with Crippen LogP contribution < -0.4 is 9.47 Å². The fourth-order valence-electron chi connectivity index (χ4n) is 1.23. The van der Waals surface area contributed by atoms with Gasteiger partial charge >= 0.3 is 0 Å². The van der Waals surface area contributed by atoms with Crippen molar-refractivity contribution in [3.63, 3.8) is 0 Å². The van der Waals surface area contributed by atoms with E-state index in [1.165, 1.54) is 6.08 Å². The van der Waals surface area contributed by atoms with Gasteiger partial charge in [0, 0.05) is 0 Å². The Hall–Kier alpha value is -1.48. The van der Waals surface area contributed by atoms with E-state index in [1.807, 2.05) is 0 Å². The SMILES string of the molecule is [2H]/C(=C\c1c([2H])c([2H])c2c(c1[2H])OCO2)C(O)C(C)(C)C. The molecule has 1 aliphatic rings. The number of fused-ring (bicyclic) bond motifs is 1. The normalized spacial score (nSPS) is 20.4. The average Bonchev–Trinajstić information content (AvgIpc) is 2.88. The van der Waals surface area contributed by atoms with Crippen molar-refractivity contribution in [1.82, 2.24) is 0 Å². The molecule has 17 heavy (non-hydrogen) atoms. The molecule has 1 aromatic carbocycles. The molecule has 92 valence electrons. The molecule has 0 aliphatic carbocycles. The van der Waals surface area contributed by atoms with Crippen molar-refractivity contribution in [3.8, 4) is 11.5 Å². The van der Waals surface area contributed by atoms with Gasteiger partial charge in [-0.25, -0.2) is 0 Å². The average molecular weight is 238 g/mol. The third-order valence-electron chi connectivity index (χ3n) is 2.38. The molecule has 0 aromatic heterocycles. The molecule has 2 rings (SSSR count). The second-order valence-corrected chi connectivity index (χ2v) is 4.93. The van der Waals surface area contributed by atoms with Crippen molar-refractivity contribution >= 4 is 6.08 Å². The van der Waals surface area contributed by atoms with Crippen LogP contribution >= 0.6 is 0 Å². The Morgan fingerprint density at radius 3 is 2.82 bits per heavy atom. The highest BCUT2D eigenvalue weighted by Gasteiger charge is 2.19. The van der Waals surface area contributed by atoms with Crippen molar-refractivity contribution in [3.05, 3.63) is 29.7 Å². The topological polar surface area (TPSA) is 38.7 Å². The quantitative estimate of drug-likeness (QED) is 0.861. The van der Waals surface area contributed by atoms with Crippen molar-refractivity contribution in [2.24, 2.45) is 5.41 Å². The molecule has 1 atom stereocenters. The van der Waals surface area contributed by atoms with Gasteiger partial charge in [0.05, 0.1) is 11.6 Å². The fourth-order valence-corrected chi connectivity index (χ4v) is 1.23. The summed E-state index contributed by atoms with van der Waals surface area (Å²) in [5, 5.41) is 10.1. The molecule has 1 aliphatic heterocycles. The van der Waals surface area contributed by atoms with E-state index in [9.17, 15) is 5.11 Å². The Kier molecular flexibility index (Phi) is 2.02. The molecule has 1 aromatic rings. The van der Waals surface area contributed by atoms with Crippen LogP contribution in [0.25, 0.3) is 6.08 Å². The molecule has 3 nitrogen and oxygen atoms in total. The van der Waals surface area contributed by atoms with Crippen LogP contribution in [0.3, 0.4) is 0 Å². The molecule has 3 heteroatoms. The maximum absolute atomic E-state index is 10.1. The van der Waals surface area contributed by atoms with Gasteiger partial charge < -0.3 is 14.6 Å². The summed E-state index contributed by atoms with van der Waals surface area (Å²) < 4.78 is 42.0. The summed E-state index contributed by atoms with van der Waals surface area (Å²) in [6, 6.07) is -0.602. The van der Waals surface area contributed by atoms with Crippen molar-refractivity contribution < 1.29 is 20.1 Å². The van der Waals surface area contributed by atoms with Gasteiger partial charge in [-0.15, -0.1) is 0 Å². The molecule has 0 spiro atoms. The van der Waals surface area contributed by atoms with Gasteiger partial charge in [-0.3, -0.25) is 0 Å². The van der Waals surface area contributed by atoms with Crippen LogP contribution in [-0.4, -0.2) is 18.0 Å². The Bertz CT molecular complexity index is 605. The summed E-state index contributed by atoms with van der Waals surface area (Å²) in [5.41, 5.74) is -0.449. The van der Waals surface area contributed by atoms with Gasteiger partial charge in [0.15, 0.2) is 11.5 Å². The number of hydrogen-bond donors (Lipinski definition) is 1. The molecule has 1 N–H and O–H groups in total. The molecule has 0 fully saturated rings. The number of hydrogen-bond acceptors (Lipinski definition) is 3. The molecule has 1 heterocycles. The number of rotatable bonds is 2. The summed E-state index contributed by atoms with van der Waals surface area (Å²) >= 11 is 0. The van der Waals surface area contributed by atoms with Gasteiger partial charge in [0.1, 0.15) is 0 Å². The van der Waals surface area contributed by atoms with E-state index in [-0.39, 0.29) is 48.0 Å². The second kappa shape index (κ2) is 4.41. The number of benzene rings is 1. The van der Waals surface area contributed by atoms with Crippen LogP contribution in [0.1, 0.15) is 31.8 Å². The van der Waals surface area contributed by atoms with E-state index in [4.69, 9.17) is 15.0 Å². The van der Waals surface area contributed by atoms with Gasteiger partial charge in [-0.1, -0.05) is 38.9 Å². The van der Waals surface area contributed by atoms with Crippen molar-refractivity contribution in [2.75, 3.05) is 6.79 Å². The Morgan fingerprint density at radius 1 is 1.41 bits per heavy atom. The van der Waals surface area contributed by atoms with E-state index in [0.29, 0.717) is 0 Å². The largest absolute Gasteiger partial charge is 0.454 e. The number of aliphatic hydroxyl groups is 1. The number of aliphatic hydroxyl groups excluding tert-OH is 1. The zero-order chi connectivity index (χ0) is 15.9. The third-order valence-corrected chi connectivity index (χ3v) is 2.38. The summed E-state index contributed by atoms with van der Waals surface area (Å²) in [6.07, 6.45) is 0.219. The maximum atomic E-state index is 10.1. The third kappa shape index (κ3) is 2.80. The smallest absolute Gasteiger partial charge is 0.231 e. The minimum Gasteiger partial charge on any atom is -0.454 e.